The molecule has 0 fully saturated rings. The number of hydroxylamine groups is 1. The molecule has 0 rings (SSSR count). The van der Waals surface area contributed by atoms with Crippen LogP contribution in [-0.2, 0) is 15.9 Å². The predicted octanol–water partition coefficient (Wildman–Crippen LogP) is -0.984. The van der Waals surface area contributed by atoms with Crippen LogP contribution < -0.4 is 5.48 Å². The van der Waals surface area contributed by atoms with Crippen LogP contribution in [0, 0.1) is 0 Å². The fraction of sp³-hybridized carbons (Fsp3) is 1.00. The number of nitrogens with one attached hydrogen (secondary N) is 1. The normalized spacial score (nSPS) is 13.8. The Morgan fingerprint density at radius 1 is 1.88 bits per heavy atom. The van der Waals surface area contributed by atoms with E-state index in [0.717, 1.165) is 0 Å². The molecule has 1 unspecified atom stereocenters. The molecule has 1 N–H and O–H groups in total. The van der Waals surface area contributed by atoms with Crippen molar-refractivity contribution in [3.63, 3.8) is 0 Å². The first-order valence-electron chi connectivity index (χ1n) is 2.09. The Morgan fingerprint density at radius 2 is 2.50 bits per heavy atom. The highest BCUT2D eigenvalue weighted by atomic mass is 32.2. The second-order valence-corrected chi connectivity index (χ2v) is 2.12. The third-order valence-electron chi connectivity index (χ3n) is 0.515. The van der Waals surface area contributed by atoms with Crippen LogP contribution in [0.1, 0.15) is 0 Å². The van der Waals surface area contributed by atoms with Gasteiger partial charge in [0.15, 0.2) is 0 Å². The van der Waals surface area contributed by atoms with E-state index in [1.807, 2.05) is 0 Å². The van der Waals surface area contributed by atoms with E-state index in [4.69, 9.17) is 0 Å². The first kappa shape index (κ1) is 8.03. The first-order chi connectivity index (χ1) is 3.77. The minimum absolute atomic E-state index is 0.0911. The summed E-state index contributed by atoms with van der Waals surface area (Å²) < 4.78 is 19.6. The molecule has 0 aromatic heterocycles. The maximum Gasteiger partial charge on any atom is 0.0572 e. The minimum atomic E-state index is -1.96. The predicted molar refractivity (Wildman–Crippen MR) is 28.8 cm³/mol. The van der Waals surface area contributed by atoms with Gasteiger partial charge in [-0.15, -0.1) is 0 Å². The number of hydrogen-bond acceptors (Lipinski definition) is 4. The van der Waals surface area contributed by atoms with E-state index in [0.29, 0.717) is 6.54 Å². The topological polar surface area (TPSA) is 61.4 Å². The van der Waals surface area contributed by atoms with Crippen molar-refractivity contribution in [1.82, 2.24) is 5.48 Å². The molecule has 0 aliphatic carbocycles. The summed E-state index contributed by atoms with van der Waals surface area (Å²) in [6.07, 6.45) is 0. The van der Waals surface area contributed by atoms with Crippen molar-refractivity contribution >= 4 is 11.1 Å². The van der Waals surface area contributed by atoms with Crippen LogP contribution in [-0.4, -0.2) is 28.2 Å². The van der Waals surface area contributed by atoms with E-state index < -0.39 is 11.1 Å². The van der Waals surface area contributed by atoms with Gasteiger partial charge < -0.3 is 9.39 Å². The lowest BCUT2D eigenvalue weighted by Crippen LogP contribution is -2.18. The molecule has 1 atom stereocenters. The van der Waals surface area contributed by atoms with Gasteiger partial charge in [-0.25, -0.2) is 5.48 Å². The van der Waals surface area contributed by atoms with E-state index in [9.17, 15) is 8.76 Å². The van der Waals surface area contributed by atoms with Crippen molar-refractivity contribution in [2.45, 2.75) is 0 Å². The first-order valence-corrected chi connectivity index (χ1v) is 3.33. The lowest BCUT2D eigenvalue weighted by Gasteiger charge is -2.03. The van der Waals surface area contributed by atoms with Gasteiger partial charge in [-0.1, -0.05) is 11.1 Å². The summed E-state index contributed by atoms with van der Waals surface area (Å²) in [5.41, 5.74) is 2.39. The summed E-state index contributed by atoms with van der Waals surface area (Å²) >= 11 is -1.96. The Morgan fingerprint density at radius 3 is 2.88 bits per heavy atom. The molecule has 0 aliphatic rings. The molecule has 0 aromatic rings. The van der Waals surface area contributed by atoms with E-state index >= 15 is 0 Å². The smallest absolute Gasteiger partial charge is 0.0572 e. The molecule has 0 heterocycles. The highest BCUT2D eigenvalue weighted by Gasteiger charge is 1.81. The van der Waals surface area contributed by atoms with Gasteiger partial charge in [0.05, 0.1) is 7.11 Å². The molecule has 0 aliphatic heterocycles. The Labute approximate surface area is 50.5 Å². The zero-order chi connectivity index (χ0) is 6.41. The van der Waals surface area contributed by atoms with Crippen LogP contribution in [0.15, 0.2) is 0 Å². The van der Waals surface area contributed by atoms with Crippen molar-refractivity contribution < 1.29 is 13.6 Å². The van der Waals surface area contributed by atoms with Gasteiger partial charge in [0.2, 0.25) is 0 Å². The third kappa shape index (κ3) is 6.03. The maximum absolute atomic E-state index is 9.78. The average molecular weight is 138 g/mol. The summed E-state index contributed by atoms with van der Waals surface area (Å²) in [6.45, 7) is 0.340. The van der Waals surface area contributed by atoms with Crippen LogP contribution >= 0.6 is 0 Å². The van der Waals surface area contributed by atoms with E-state index in [1.54, 1.807) is 0 Å². The quantitative estimate of drug-likeness (QED) is 0.308. The molecular formula is C3H8NO3S-. The van der Waals surface area contributed by atoms with Gasteiger partial charge in [0.1, 0.15) is 0 Å². The highest BCUT2D eigenvalue weighted by Crippen LogP contribution is 1.68. The Kier molecular flexibility index (Phi) is 5.19. The molecular weight excluding hydrogens is 130 g/mol. The Balaban J connectivity index is 2.82. The Hall–Kier alpha value is 0.0300. The van der Waals surface area contributed by atoms with Crippen LogP contribution in [0.3, 0.4) is 0 Å². The third-order valence-corrected chi connectivity index (χ3v) is 1.05. The Bertz CT molecular complexity index is 76.9. The lowest BCUT2D eigenvalue weighted by atomic mass is 10.8. The van der Waals surface area contributed by atoms with Gasteiger partial charge in [-0.2, -0.15) is 0 Å². The van der Waals surface area contributed by atoms with Crippen molar-refractivity contribution in [1.29, 1.82) is 0 Å². The summed E-state index contributed by atoms with van der Waals surface area (Å²) in [5, 5.41) is 0. The van der Waals surface area contributed by atoms with Crippen LogP contribution in [0.2, 0.25) is 0 Å². The van der Waals surface area contributed by atoms with Crippen molar-refractivity contribution in [2.75, 3.05) is 19.4 Å². The molecule has 0 aromatic carbocycles. The monoisotopic (exact) mass is 138 g/mol. The summed E-state index contributed by atoms with van der Waals surface area (Å²) in [7, 11) is 1.44. The van der Waals surface area contributed by atoms with Crippen LogP contribution in [0.4, 0.5) is 0 Å². The fourth-order valence-electron chi connectivity index (χ4n) is 0.227. The zero-order valence-electron chi connectivity index (χ0n) is 4.55. The number of hydrogen-bond donors (Lipinski definition) is 1. The average Bonchev–Trinajstić information content (AvgIpc) is 1.66. The molecule has 0 amide bonds. The van der Waals surface area contributed by atoms with E-state index in [2.05, 4.69) is 10.3 Å². The van der Waals surface area contributed by atoms with Crippen molar-refractivity contribution in [3.05, 3.63) is 0 Å². The lowest BCUT2D eigenvalue weighted by molar-refractivity contribution is 0.0966. The van der Waals surface area contributed by atoms with Crippen molar-refractivity contribution in [3.8, 4) is 0 Å². The largest absolute Gasteiger partial charge is 0.772 e. The van der Waals surface area contributed by atoms with Gasteiger partial charge in [0.25, 0.3) is 0 Å². The molecule has 50 valence electrons. The highest BCUT2D eigenvalue weighted by molar-refractivity contribution is 7.79. The minimum Gasteiger partial charge on any atom is -0.772 e. The molecule has 0 saturated heterocycles. The molecule has 0 bridgehead atoms. The molecule has 0 spiro atoms. The summed E-state index contributed by atoms with van der Waals surface area (Å²) in [4.78, 5) is 4.37. The molecule has 0 radical (unpaired) electrons. The second kappa shape index (κ2) is 5.17. The van der Waals surface area contributed by atoms with Gasteiger partial charge in [0, 0.05) is 12.3 Å². The molecule has 0 saturated carbocycles. The van der Waals surface area contributed by atoms with Gasteiger partial charge in [-0.3, -0.25) is 4.21 Å². The maximum atomic E-state index is 9.78. The van der Waals surface area contributed by atoms with Crippen LogP contribution in [0.25, 0.3) is 0 Å². The van der Waals surface area contributed by atoms with E-state index in [-0.39, 0.29) is 5.75 Å². The van der Waals surface area contributed by atoms with Gasteiger partial charge >= 0.3 is 0 Å². The van der Waals surface area contributed by atoms with Gasteiger partial charge in [-0.05, 0) is 0 Å². The SMILES string of the molecule is CONCCS(=O)[O-]. The fourth-order valence-corrected chi connectivity index (χ4v) is 0.477. The zero-order valence-corrected chi connectivity index (χ0v) is 5.36. The molecule has 5 heteroatoms. The summed E-state index contributed by atoms with van der Waals surface area (Å²) in [6, 6.07) is 0. The second-order valence-electron chi connectivity index (χ2n) is 1.11. The number of rotatable bonds is 4. The van der Waals surface area contributed by atoms with E-state index in [1.165, 1.54) is 7.11 Å². The summed E-state index contributed by atoms with van der Waals surface area (Å²) in [5.74, 6) is 0.0911. The van der Waals surface area contributed by atoms with Crippen LogP contribution in [0.5, 0.6) is 0 Å². The van der Waals surface area contributed by atoms with Crippen molar-refractivity contribution in [2.24, 2.45) is 0 Å². The molecule has 8 heavy (non-hydrogen) atoms. The molecule has 4 nitrogen and oxygen atoms in total. The standard InChI is InChI=1S/C3H9NO3S/c1-7-4-2-3-8(5)6/h4H,2-3H2,1H3,(H,5,6)/p-1.